The molecule has 0 bridgehead atoms. The highest BCUT2D eigenvalue weighted by Gasteiger charge is 2.12. The van der Waals surface area contributed by atoms with Crippen molar-refractivity contribution in [3.05, 3.63) is 23.4 Å². The van der Waals surface area contributed by atoms with Gasteiger partial charge in [0.2, 0.25) is 5.88 Å². The van der Waals surface area contributed by atoms with Gasteiger partial charge in [-0.15, -0.1) is 0 Å². The molecule has 0 saturated carbocycles. The van der Waals surface area contributed by atoms with Crippen molar-refractivity contribution in [1.82, 2.24) is 4.98 Å². The molecule has 2 N–H and O–H groups in total. The second-order valence-corrected chi connectivity index (χ2v) is 3.03. The minimum Gasteiger partial charge on any atom is -0.480 e. The summed E-state index contributed by atoms with van der Waals surface area (Å²) in [5.41, 5.74) is 0.829. The van der Waals surface area contributed by atoms with Crippen molar-refractivity contribution in [3.63, 3.8) is 0 Å². The maximum absolute atomic E-state index is 10.8. The first-order valence-corrected chi connectivity index (χ1v) is 4.56. The number of hydrogen-bond donors (Lipinski definition) is 2. The number of carbonyl (C=O) groups is 1. The summed E-state index contributed by atoms with van der Waals surface area (Å²) in [5.74, 6) is -0.958. The number of aromatic carboxylic acids is 1. The standard InChI is InChI=1S/C10H13NO4/c1-15-9-8(10(13)14)5-7(6-11-9)3-2-4-12/h5-6,12H,2-4H2,1H3,(H,13,14). The summed E-state index contributed by atoms with van der Waals surface area (Å²) in [6.45, 7) is 0.0778. The quantitative estimate of drug-likeness (QED) is 0.749. The fourth-order valence-corrected chi connectivity index (χ4v) is 1.23. The Balaban J connectivity index is 2.94. The second kappa shape index (κ2) is 5.31. The summed E-state index contributed by atoms with van der Waals surface area (Å²) in [5, 5.41) is 17.5. The first-order chi connectivity index (χ1) is 7.19. The molecule has 0 aliphatic heterocycles. The van der Waals surface area contributed by atoms with Gasteiger partial charge in [-0.3, -0.25) is 0 Å². The summed E-state index contributed by atoms with van der Waals surface area (Å²) >= 11 is 0. The zero-order chi connectivity index (χ0) is 11.3. The monoisotopic (exact) mass is 211 g/mol. The van der Waals surface area contributed by atoms with E-state index in [-0.39, 0.29) is 18.1 Å². The number of ether oxygens (including phenoxy) is 1. The fraction of sp³-hybridized carbons (Fsp3) is 0.400. The maximum Gasteiger partial charge on any atom is 0.341 e. The van der Waals surface area contributed by atoms with Crippen molar-refractivity contribution < 1.29 is 19.7 Å². The molecule has 5 heteroatoms. The Bertz CT molecular complexity index is 351. The third kappa shape index (κ3) is 2.92. The van der Waals surface area contributed by atoms with E-state index < -0.39 is 5.97 Å². The number of carboxylic acid groups (broad SMARTS) is 1. The molecule has 0 spiro atoms. The molecule has 1 heterocycles. The van der Waals surface area contributed by atoms with Crippen molar-refractivity contribution in [2.75, 3.05) is 13.7 Å². The van der Waals surface area contributed by atoms with Crippen LogP contribution in [0.25, 0.3) is 0 Å². The van der Waals surface area contributed by atoms with Crippen LogP contribution < -0.4 is 4.74 Å². The Hall–Kier alpha value is -1.62. The predicted octanol–water partition coefficient (Wildman–Crippen LogP) is 0.713. The smallest absolute Gasteiger partial charge is 0.341 e. The molecule has 82 valence electrons. The lowest BCUT2D eigenvalue weighted by molar-refractivity contribution is 0.0692. The van der Waals surface area contributed by atoms with Crippen LogP contribution in [-0.4, -0.2) is 34.9 Å². The number of aliphatic hydroxyl groups excluding tert-OH is 1. The number of methoxy groups -OCH3 is 1. The fourth-order valence-electron chi connectivity index (χ4n) is 1.23. The molecule has 15 heavy (non-hydrogen) atoms. The van der Waals surface area contributed by atoms with Crippen LogP contribution in [0.5, 0.6) is 5.88 Å². The minimum absolute atomic E-state index is 0.0490. The summed E-state index contributed by atoms with van der Waals surface area (Å²) in [6, 6.07) is 1.52. The molecule has 5 nitrogen and oxygen atoms in total. The highest BCUT2D eigenvalue weighted by molar-refractivity contribution is 5.90. The van der Waals surface area contributed by atoms with Gasteiger partial charge in [0, 0.05) is 12.8 Å². The van der Waals surface area contributed by atoms with E-state index in [1.807, 2.05) is 0 Å². The highest BCUT2D eigenvalue weighted by Crippen LogP contribution is 2.16. The number of rotatable bonds is 5. The van der Waals surface area contributed by atoms with E-state index in [0.29, 0.717) is 12.8 Å². The summed E-state index contributed by atoms with van der Waals surface area (Å²) < 4.78 is 4.82. The molecule has 0 aromatic carbocycles. The van der Waals surface area contributed by atoms with Gasteiger partial charge in [0.25, 0.3) is 0 Å². The lowest BCUT2D eigenvalue weighted by Crippen LogP contribution is -2.04. The van der Waals surface area contributed by atoms with Gasteiger partial charge in [0.05, 0.1) is 7.11 Å². The molecule has 0 saturated heterocycles. The maximum atomic E-state index is 10.8. The highest BCUT2D eigenvalue weighted by atomic mass is 16.5. The molecule has 0 amide bonds. The molecule has 1 rings (SSSR count). The Kier molecular flexibility index (Phi) is 4.05. The third-order valence-corrected chi connectivity index (χ3v) is 1.96. The van der Waals surface area contributed by atoms with Gasteiger partial charge < -0.3 is 14.9 Å². The van der Waals surface area contributed by atoms with Gasteiger partial charge in [0.15, 0.2) is 0 Å². The molecular formula is C10H13NO4. The number of pyridine rings is 1. The molecule has 0 fully saturated rings. The van der Waals surface area contributed by atoms with Crippen LogP contribution >= 0.6 is 0 Å². The van der Waals surface area contributed by atoms with Gasteiger partial charge in [-0.2, -0.15) is 0 Å². The number of aromatic nitrogens is 1. The minimum atomic E-state index is -1.06. The average molecular weight is 211 g/mol. The van der Waals surface area contributed by atoms with E-state index in [1.54, 1.807) is 6.20 Å². The van der Waals surface area contributed by atoms with Gasteiger partial charge in [0.1, 0.15) is 5.56 Å². The lowest BCUT2D eigenvalue weighted by Gasteiger charge is -2.05. The predicted molar refractivity (Wildman–Crippen MR) is 53.2 cm³/mol. The van der Waals surface area contributed by atoms with Crippen molar-refractivity contribution in [3.8, 4) is 5.88 Å². The first kappa shape index (κ1) is 11.5. The molecule has 0 radical (unpaired) electrons. The molecule has 0 atom stereocenters. The Morgan fingerprint density at radius 3 is 2.87 bits per heavy atom. The molecule has 1 aromatic rings. The van der Waals surface area contributed by atoms with Crippen LogP contribution in [0.15, 0.2) is 12.3 Å². The summed E-state index contributed by atoms with van der Waals surface area (Å²) in [4.78, 5) is 14.7. The third-order valence-electron chi connectivity index (χ3n) is 1.96. The topological polar surface area (TPSA) is 79.7 Å². The van der Waals surface area contributed by atoms with E-state index in [2.05, 4.69) is 4.98 Å². The first-order valence-electron chi connectivity index (χ1n) is 4.56. The van der Waals surface area contributed by atoms with Crippen LogP contribution in [0.4, 0.5) is 0 Å². The molecule has 1 aromatic heterocycles. The zero-order valence-corrected chi connectivity index (χ0v) is 8.43. The molecule has 0 aliphatic carbocycles. The largest absolute Gasteiger partial charge is 0.480 e. The van der Waals surface area contributed by atoms with Crippen LogP contribution in [0.2, 0.25) is 0 Å². The van der Waals surface area contributed by atoms with Gasteiger partial charge in [-0.1, -0.05) is 0 Å². The SMILES string of the molecule is COc1ncc(CCCO)cc1C(=O)O. The average Bonchev–Trinajstić information content (AvgIpc) is 2.25. The van der Waals surface area contributed by atoms with E-state index in [1.165, 1.54) is 13.2 Å². The Labute approximate surface area is 87.3 Å². The van der Waals surface area contributed by atoms with E-state index in [9.17, 15) is 4.79 Å². The summed E-state index contributed by atoms with van der Waals surface area (Å²) in [7, 11) is 1.38. The van der Waals surface area contributed by atoms with Crippen molar-refractivity contribution in [2.45, 2.75) is 12.8 Å². The van der Waals surface area contributed by atoms with Gasteiger partial charge in [-0.25, -0.2) is 9.78 Å². The van der Waals surface area contributed by atoms with E-state index in [4.69, 9.17) is 14.9 Å². The van der Waals surface area contributed by atoms with Crippen LogP contribution in [0.1, 0.15) is 22.3 Å². The Morgan fingerprint density at radius 1 is 1.60 bits per heavy atom. The van der Waals surface area contributed by atoms with Crippen LogP contribution in [0, 0.1) is 0 Å². The summed E-state index contributed by atoms with van der Waals surface area (Å²) in [6.07, 6.45) is 2.75. The van der Waals surface area contributed by atoms with E-state index in [0.717, 1.165) is 5.56 Å². The zero-order valence-electron chi connectivity index (χ0n) is 8.43. The number of aryl methyl sites for hydroxylation is 1. The van der Waals surface area contributed by atoms with Crippen molar-refractivity contribution in [1.29, 1.82) is 0 Å². The van der Waals surface area contributed by atoms with Gasteiger partial charge >= 0.3 is 5.97 Å². The lowest BCUT2D eigenvalue weighted by atomic mass is 10.1. The second-order valence-electron chi connectivity index (χ2n) is 3.03. The van der Waals surface area contributed by atoms with Crippen molar-refractivity contribution in [2.24, 2.45) is 0 Å². The van der Waals surface area contributed by atoms with Crippen LogP contribution in [-0.2, 0) is 6.42 Å². The molecule has 0 aliphatic rings. The van der Waals surface area contributed by atoms with E-state index >= 15 is 0 Å². The number of hydrogen-bond acceptors (Lipinski definition) is 4. The normalized spacial score (nSPS) is 10.0. The van der Waals surface area contributed by atoms with Gasteiger partial charge in [-0.05, 0) is 24.5 Å². The van der Waals surface area contributed by atoms with Crippen molar-refractivity contribution >= 4 is 5.97 Å². The Morgan fingerprint density at radius 2 is 2.33 bits per heavy atom. The van der Waals surface area contributed by atoms with Crippen LogP contribution in [0.3, 0.4) is 0 Å². The number of carboxylic acids is 1. The molecular weight excluding hydrogens is 198 g/mol. The number of nitrogens with zero attached hydrogens (tertiary/aromatic N) is 1. The molecule has 0 unspecified atom stereocenters. The number of aliphatic hydroxyl groups is 1.